The number of nitrogens with zero attached hydrogens (tertiary/aromatic N) is 1. The molecule has 2 N–H and O–H groups in total. The molecule has 1 saturated heterocycles. The third kappa shape index (κ3) is 3.41. The normalized spacial score (nSPS) is 22.9. The molecule has 0 aliphatic carbocycles. The smallest absolute Gasteiger partial charge is 0.216 e. The van der Waals surface area contributed by atoms with E-state index in [0.29, 0.717) is 25.9 Å². The van der Waals surface area contributed by atoms with E-state index >= 15 is 0 Å². The molecule has 5 nitrogen and oxygen atoms in total. The minimum Gasteiger partial charge on any atom is -0.395 e. The van der Waals surface area contributed by atoms with E-state index in [1.165, 1.54) is 4.31 Å². The van der Waals surface area contributed by atoms with Gasteiger partial charge in [0.15, 0.2) is 0 Å². The van der Waals surface area contributed by atoms with Gasteiger partial charge in [0.2, 0.25) is 10.0 Å². The predicted molar refractivity (Wildman–Crippen MR) is 56.9 cm³/mol. The van der Waals surface area contributed by atoms with Gasteiger partial charge in [-0.15, -0.1) is 0 Å². The van der Waals surface area contributed by atoms with Crippen LogP contribution in [0.1, 0.15) is 19.8 Å². The summed E-state index contributed by atoms with van der Waals surface area (Å²) in [6.45, 7) is 2.32. The molecule has 0 amide bonds. The Hall–Kier alpha value is -0.170. The summed E-state index contributed by atoms with van der Waals surface area (Å²) in [4.78, 5) is 0. The van der Waals surface area contributed by atoms with E-state index in [9.17, 15) is 13.5 Å². The second-order valence-corrected chi connectivity index (χ2v) is 6.11. The number of rotatable bonds is 4. The van der Waals surface area contributed by atoms with Gasteiger partial charge < -0.3 is 10.2 Å². The van der Waals surface area contributed by atoms with Crippen LogP contribution in [0, 0.1) is 5.92 Å². The van der Waals surface area contributed by atoms with Gasteiger partial charge >= 0.3 is 0 Å². The van der Waals surface area contributed by atoms with E-state index in [0.717, 1.165) is 0 Å². The predicted octanol–water partition coefficient (Wildman–Crippen LogP) is -0.599. The first kappa shape index (κ1) is 12.9. The Bertz CT molecular complexity index is 280. The first-order valence-electron chi connectivity index (χ1n) is 5.24. The Balaban J connectivity index is 2.50. The minimum atomic E-state index is -3.28. The highest BCUT2D eigenvalue weighted by Crippen LogP contribution is 2.22. The van der Waals surface area contributed by atoms with Gasteiger partial charge in [-0.25, -0.2) is 12.7 Å². The van der Waals surface area contributed by atoms with Crippen LogP contribution in [0.15, 0.2) is 0 Å². The van der Waals surface area contributed by atoms with Crippen LogP contribution in [-0.2, 0) is 10.0 Å². The molecule has 1 rings (SSSR count). The van der Waals surface area contributed by atoms with Gasteiger partial charge in [-0.2, -0.15) is 0 Å². The third-order valence-electron chi connectivity index (χ3n) is 2.92. The average Bonchev–Trinajstić information content (AvgIpc) is 2.18. The molecule has 0 radical (unpaired) electrons. The van der Waals surface area contributed by atoms with Crippen LogP contribution in [0.5, 0.6) is 0 Å². The van der Waals surface area contributed by atoms with Gasteiger partial charge in [-0.05, 0) is 25.7 Å². The van der Waals surface area contributed by atoms with Crippen molar-refractivity contribution in [3.63, 3.8) is 0 Å². The molecule has 0 saturated carbocycles. The molecular formula is C9H19NO4S. The maximum atomic E-state index is 11.6. The molecule has 1 unspecified atom stereocenters. The standard InChI is InChI=1S/C9H19NO4S/c1-8(12)9-2-4-10(5-3-9)15(13,14)7-6-11/h8-9,11-12H,2-7H2,1H3. The zero-order chi connectivity index (χ0) is 11.5. The Labute approximate surface area is 90.8 Å². The maximum Gasteiger partial charge on any atom is 0.216 e. The molecular weight excluding hydrogens is 218 g/mol. The number of piperidine rings is 1. The molecule has 0 aromatic carbocycles. The highest BCUT2D eigenvalue weighted by Gasteiger charge is 2.29. The van der Waals surface area contributed by atoms with E-state index in [2.05, 4.69) is 0 Å². The van der Waals surface area contributed by atoms with Crippen molar-refractivity contribution < 1.29 is 18.6 Å². The summed E-state index contributed by atoms with van der Waals surface area (Å²) in [6, 6.07) is 0. The van der Waals surface area contributed by atoms with Gasteiger partial charge in [0.05, 0.1) is 18.5 Å². The lowest BCUT2D eigenvalue weighted by Crippen LogP contribution is -2.42. The van der Waals surface area contributed by atoms with Gasteiger partial charge in [-0.3, -0.25) is 0 Å². The Morgan fingerprint density at radius 3 is 2.33 bits per heavy atom. The molecule has 1 fully saturated rings. The van der Waals surface area contributed by atoms with Crippen molar-refractivity contribution in [2.75, 3.05) is 25.4 Å². The van der Waals surface area contributed by atoms with Crippen LogP contribution in [0.3, 0.4) is 0 Å². The summed E-state index contributed by atoms with van der Waals surface area (Å²) < 4.78 is 24.5. The number of hydrogen-bond donors (Lipinski definition) is 2. The van der Waals surface area contributed by atoms with E-state index in [-0.39, 0.29) is 24.4 Å². The van der Waals surface area contributed by atoms with Gasteiger partial charge in [0, 0.05) is 13.1 Å². The van der Waals surface area contributed by atoms with E-state index in [4.69, 9.17) is 5.11 Å². The molecule has 1 aliphatic rings. The number of aliphatic hydroxyl groups excluding tert-OH is 2. The zero-order valence-electron chi connectivity index (χ0n) is 8.96. The second kappa shape index (κ2) is 5.25. The summed E-state index contributed by atoms with van der Waals surface area (Å²) in [5.74, 6) is -0.00243. The van der Waals surface area contributed by atoms with Crippen molar-refractivity contribution in [3.8, 4) is 0 Å². The molecule has 0 bridgehead atoms. The highest BCUT2D eigenvalue weighted by molar-refractivity contribution is 7.89. The lowest BCUT2D eigenvalue weighted by molar-refractivity contribution is 0.0911. The van der Waals surface area contributed by atoms with E-state index < -0.39 is 10.0 Å². The Morgan fingerprint density at radius 2 is 1.93 bits per heavy atom. The fourth-order valence-electron chi connectivity index (χ4n) is 1.88. The van der Waals surface area contributed by atoms with E-state index in [1.807, 2.05) is 0 Å². The SMILES string of the molecule is CC(O)C1CCN(S(=O)(=O)CCO)CC1. The van der Waals surface area contributed by atoms with Gasteiger partial charge in [0.1, 0.15) is 0 Å². The number of sulfonamides is 1. The van der Waals surface area contributed by atoms with E-state index in [1.54, 1.807) is 6.92 Å². The summed E-state index contributed by atoms with van der Waals surface area (Å²) >= 11 is 0. The van der Waals surface area contributed by atoms with Crippen LogP contribution in [0.2, 0.25) is 0 Å². The zero-order valence-corrected chi connectivity index (χ0v) is 9.78. The van der Waals surface area contributed by atoms with Crippen molar-refractivity contribution >= 4 is 10.0 Å². The Morgan fingerprint density at radius 1 is 1.40 bits per heavy atom. The summed E-state index contributed by atoms with van der Waals surface area (Å²) in [5, 5.41) is 18.0. The molecule has 90 valence electrons. The largest absolute Gasteiger partial charge is 0.395 e. The van der Waals surface area contributed by atoms with Crippen LogP contribution in [0.25, 0.3) is 0 Å². The molecule has 1 atom stereocenters. The molecule has 0 spiro atoms. The average molecular weight is 237 g/mol. The van der Waals surface area contributed by atoms with Gasteiger partial charge in [0.25, 0.3) is 0 Å². The summed E-state index contributed by atoms with van der Waals surface area (Å²) in [7, 11) is -3.28. The minimum absolute atomic E-state index is 0.200. The van der Waals surface area contributed by atoms with Crippen molar-refractivity contribution in [2.24, 2.45) is 5.92 Å². The molecule has 0 aromatic heterocycles. The topological polar surface area (TPSA) is 77.8 Å². The van der Waals surface area contributed by atoms with Crippen LogP contribution >= 0.6 is 0 Å². The Kier molecular flexibility index (Phi) is 4.51. The molecule has 1 aliphatic heterocycles. The lowest BCUT2D eigenvalue weighted by Gasteiger charge is -2.32. The molecule has 6 heteroatoms. The molecule has 1 heterocycles. The highest BCUT2D eigenvalue weighted by atomic mass is 32.2. The maximum absolute atomic E-state index is 11.6. The fourth-order valence-corrected chi connectivity index (χ4v) is 3.14. The van der Waals surface area contributed by atoms with Crippen LogP contribution < -0.4 is 0 Å². The molecule has 0 aromatic rings. The van der Waals surface area contributed by atoms with Crippen LogP contribution in [0.4, 0.5) is 0 Å². The fraction of sp³-hybridized carbons (Fsp3) is 1.00. The second-order valence-electron chi connectivity index (χ2n) is 4.02. The van der Waals surface area contributed by atoms with Gasteiger partial charge in [-0.1, -0.05) is 0 Å². The molecule has 15 heavy (non-hydrogen) atoms. The van der Waals surface area contributed by atoms with Crippen molar-refractivity contribution in [1.82, 2.24) is 4.31 Å². The first-order valence-corrected chi connectivity index (χ1v) is 6.85. The monoisotopic (exact) mass is 237 g/mol. The lowest BCUT2D eigenvalue weighted by atomic mass is 9.93. The van der Waals surface area contributed by atoms with Crippen molar-refractivity contribution in [3.05, 3.63) is 0 Å². The summed E-state index contributed by atoms with van der Waals surface area (Å²) in [6.07, 6.45) is 1.03. The first-order chi connectivity index (χ1) is 6.97. The number of aliphatic hydroxyl groups is 2. The van der Waals surface area contributed by atoms with Crippen molar-refractivity contribution in [2.45, 2.75) is 25.9 Å². The summed E-state index contributed by atoms with van der Waals surface area (Å²) in [5.41, 5.74) is 0. The number of hydrogen-bond acceptors (Lipinski definition) is 4. The quantitative estimate of drug-likeness (QED) is 0.684. The van der Waals surface area contributed by atoms with Crippen molar-refractivity contribution in [1.29, 1.82) is 0 Å². The van der Waals surface area contributed by atoms with Crippen LogP contribution in [-0.4, -0.2) is 54.5 Å². The third-order valence-corrected chi connectivity index (χ3v) is 4.77.